The number of nitrogens with zero attached hydrogens (tertiary/aromatic N) is 5. The van der Waals surface area contributed by atoms with E-state index in [2.05, 4.69) is 30.8 Å². The Morgan fingerprint density at radius 2 is 1.80 bits per heavy atom. The summed E-state index contributed by atoms with van der Waals surface area (Å²) < 4.78 is 18.7. The first-order valence-corrected chi connectivity index (χ1v) is 9.63. The van der Waals surface area contributed by atoms with E-state index < -0.39 is 0 Å². The second-order valence-corrected chi connectivity index (χ2v) is 6.80. The number of anilines is 4. The van der Waals surface area contributed by atoms with Crippen molar-refractivity contribution in [2.45, 2.75) is 6.92 Å². The molecule has 2 N–H and O–H groups in total. The number of nitrogens with one attached hydrogen (secondary N) is 2. The maximum absolute atomic E-state index is 13.3. The van der Waals surface area contributed by atoms with Crippen LogP contribution in [0, 0.1) is 12.7 Å². The molecule has 0 amide bonds. The van der Waals surface area contributed by atoms with Crippen molar-refractivity contribution in [1.82, 2.24) is 15.0 Å². The highest BCUT2D eigenvalue weighted by molar-refractivity contribution is 5.79. The Hall–Kier alpha value is -3.59. The number of halogens is 1. The Labute approximate surface area is 173 Å². The minimum atomic E-state index is -0.321. The molecule has 3 aromatic rings. The van der Waals surface area contributed by atoms with Crippen LogP contribution in [-0.4, -0.2) is 47.5 Å². The van der Waals surface area contributed by atoms with Gasteiger partial charge in [-0.25, -0.2) is 9.82 Å². The Kier molecular flexibility index (Phi) is 6.09. The van der Waals surface area contributed by atoms with Crippen molar-refractivity contribution < 1.29 is 9.13 Å². The molecule has 30 heavy (non-hydrogen) atoms. The summed E-state index contributed by atoms with van der Waals surface area (Å²) in [5, 5.41) is 7.34. The van der Waals surface area contributed by atoms with Gasteiger partial charge in [0.15, 0.2) is 0 Å². The zero-order valence-electron chi connectivity index (χ0n) is 16.5. The summed E-state index contributed by atoms with van der Waals surface area (Å²) in [5.74, 6) is 0.900. The topological polar surface area (TPSA) is 87.6 Å². The molecule has 1 saturated heterocycles. The summed E-state index contributed by atoms with van der Waals surface area (Å²) >= 11 is 0. The number of morpholine rings is 1. The fourth-order valence-electron chi connectivity index (χ4n) is 2.89. The van der Waals surface area contributed by atoms with E-state index in [0.717, 1.165) is 5.69 Å². The maximum atomic E-state index is 13.3. The lowest BCUT2D eigenvalue weighted by molar-refractivity contribution is 0.122. The molecule has 9 heteroatoms. The number of rotatable bonds is 6. The molecular formula is C21H22FN7O. The molecule has 1 aliphatic rings. The number of hydrogen-bond donors (Lipinski definition) is 2. The average molecular weight is 407 g/mol. The number of benzene rings is 2. The van der Waals surface area contributed by atoms with Crippen LogP contribution >= 0.6 is 0 Å². The molecule has 0 aliphatic carbocycles. The van der Waals surface area contributed by atoms with Gasteiger partial charge in [-0.3, -0.25) is 0 Å². The van der Waals surface area contributed by atoms with E-state index in [1.54, 1.807) is 12.1 Å². The van der Waals surface area contributed by atoms with Crippen molar-refractivity contribution in [2.24, 2.45) is 5.10 Å². The minimum Gasteiger partial charge on any atom is -0.378 e. The molecule has 4 rings (SSSR count). The quantitative estimate of drug-likeness (QED) is 0.479. The van der Waals surface area contributed by atoms with Crippen LogP contribution in [0.3, 0.4) is 0 Å². The highest BCUT2D eigenvalue weighted by atomic mass is 19.1. The van der Waals surface area contributed by atoms with E-state index in [0.29, 0.717) is 43.8 Å². The minimum absolute atomic E-state index is 0.286. The molecule has 154 valence electrons. The molecule has 0 spiro atoms. The second kappa shape index (κ2) is 9.27. The lowest BCUT2D eigenvalue weighted by Crippen LogP contribution is -2.37. The molecule has 0 unspecified atom stereocenters. The fraction of sp³-hybridized carbons (Fsp3) is 0.238. The van der Waals surface area contributed by atoms with Gasteiger partial charge in [0.25, 0.3) is 0 Å². The van der Waals surface area contributed by atoms with Gasteiger partial charge in [-0.2, -0.15) is 20.1 Å². The summed E-state index contributed by atoms with van der Waals surface area (Å²) in [6, 6.07) is 14.1. The Balaban J connectivity index is 1.56. The number of hydrogen-bond acceptors (Lipinski definition) is 8. The van der Waals surface area contributed by atoms with Gasteiger partial charge in [0, 0.05) is 18.8 Å². The van der Waals surface area contributed by atoms with Gasteiger partial charge in [-0.1, -0.05) is 29.8 Å². The number of ether oxygens (including phenoxy) is 1. The van der Waals surface area contributed by atoms with Crippen LogP contribution in [-0.2, 0) is 4.74 Å². The summed E-state index contributed by atoms with van der Waals surface area (Å²) in [6.07, 6.45) is 1.51. The Morgan fingerprint density at radius 1 is 1.03 bits per heavy atom. The smallest absolute Gasteiger partial charge is 0.250 e. The van der Waals surface area contributed by atoms with E-state index in [4.69, 9.17) is 4.74 Å². The van der Waals surface area contributed by atoms with E-state index in [1.165, 1.54) is 23.9 Å². The molecule has 0 saturated carbocycles. The van der Waals surface area contributed by atoms with Gasteiger partial charge < -0.3 is 15.0 Å². The van der Waals surface area contributed by atoms with Gasteiger partial charge in [0.1, 0.15) is 5.82 Å². The zero-order valence-corrected chi connectivity index (χ0v) is 16.5. The van der Waals surface area contributed by atoms with Gasteiger partial charge >= 0.3 is 0 Å². The maximum Gasteiger partial charge on any atom is 0.250 e. The number of hydrazone groups is 1. The van der Waals surface area contributed by atoms with Gasteiger partial charge in [-0.15, -0.1) is 0 Å². The predicted molar refractivity (Wildman–Crippen MR) is 115 cm³/mol. The highest BCUT2D eigenvalue weighted by Crippen LogP contribution is 2.19. The zero-order chi connectivity index (χ0) is 20.8. The Bertz CT molecular complexity index is 1020. The van der Waals surface area contributed by atoms with Crippen molar-refractivity contribution in [3.8, 4) is 0 Å². The lowest BCUT2D eigenvalue weighted by Gasteiger charge is -2.27. The predicted octanol–water partition coefficient (Wildman–Crippen LogP) is 3.35. The summed E-state index contributed by atoms with van der Waals surface area (Å²) in [7, 11) is 0. The van der Waals surface area contributed by atoms with E-state index >= 15 is 0 Å². The van der Waals surface area contributed by atoms with Crippen molar-refractivity contribution in [1.29, 1.82) is 0 Å². The standard InChI is InChI=1S/C21H22FN7O/c1-15-5-7-18(8-6-15)24-19-25-20(27-21(26-19)29-9-11-30-12-10-29)28-23-14-16-3-2-4-17(22)13-16/h2-8,13-14H,9-12H2,1H3,(H2,24,25,26,27,28)/b23-14+. The summed E-state index contributed by atoms with van der Waals surface area (Å²) in [4.78, 5) is 15.5. The first kappa shape index (κ1) is 19.7. The molecule has 2 aromatic carbocycles. The van der Waals surface area contributed by atoms with Crippen molar-refractivity contribution in [3.05, 3.63) is 65.5 Å². The van der Waals surface area contributed by atoms with E-state index in [9.17, 15) is 4.39 Å². The van der Waals surface area contributed by atoms with Crippen molar-refractivity contribution >= 4 is 29.7 Å². The molecule has 1 fully saturated rings. The largest absolute Gasteiger partial charge is 0.378 e. The van der Waals surface area contributed by atoms with Crippen LogP contribution < -0.4 is 15.6 Å². The first-order valence-electron chi connectivity index (χ1n) is 9.63. The third-order valence-corrected chi connectivity index (χ3v) is 4.45. The lowest BCUT2D eigenvalue weighted by atomic mass is 10.2. The molecule has 0 bridgehead atoms. The molecular weight excluding hydrogens is 385 g/mol. The fourth-order valence-corrected chi connectivity index (χ4v) is 2.89. The van der Waals surface area contributed by atoms with Crippen LogP contribution in [0.4, 0.5) is 27.9 Å². The van der Waals surface area contributed by atoms with Crippen LogP contribution in [0.25, 0.3) is 0 Å². The van der Waals surface area contributed by atoms with Crippen LogP contribution in [0.5, 0.6) is 0 Å². The summed E-state index contributed by atoms with van der Waals surface area (Å²) in [5.41, 5.74) is 5.48. The van der Waals surface area contributed by atoms with Crippen LogP contribution in [0.15, 0.2) is 53.6 Å². The molecule has 1 aliphatic heterocycles. The summed E-state index contributed by atoms with van der Waals surface area (Å²) in [6.45, 7) is 4.65. The molecule has 0 radical (unpaired) electrons. The molecule has 0 atom stereocenters. The molecule has 1 aromatic heterocycles. The Morgan fingerprint density at radius 3 is 2.57 bits per heavy atom. The van der Waals surface area contributed by atoms with Crippen LogP contribution in [0.1, 0.15) is 11.1 Å². The first-order chi connectivity index (χ1) is 14.7. The number of aryl methyl sites for hydroxylation is 1. The van der Waals surface area contributed by atoms with Crippen molar-refractivity contribution in [3.63, 3.8) is 0 Å². The van der Waals surface area contributed by atoms with Gasteiger partial charge in [0.05, 0.1) is 19.4 Å². The second-order valence-electron chi connectivity index (χ2n) is 6.80. The van der Waals surface area contributed by atoms with E-state index in [-0.39, 0.29) is 11.8 Å². The van der Waals surface area contributed by atoms with Gasteiger partial charge in [-0.05, 0) is 36.8 Å². The van der Waals surface area contributed by atoms with Gasteiger partial charge in [0.2, 0.25) is 17.8 Å². The molecule has 8 nitrogen and oxygen atoms in total. The normalized spacial score (nSPS) is 14.1. The highest BCUT2D eigenvalue weighted by Gasteiger charge is 2.16. The average Bonchev–Trinajstić information content (AvgIpc) is 2.76. The van der Waals surface area contributed by atoms with Crippen LogP contribution in [0.2, 0.25) is 0 Å². The third-order valence-electron chi connectivity index (χ3n) is 4.45. The van der Waals surface area contributed by atoms with Crippen molar-refractivity contribution in [2.75, 3.05) is 41.9 Å². The SMILES string of the molecule is Cc1ccc(Nc2nc(N/N=C/c3cccc(F)c3)nc(N3CCOCC3)n2)cc1. The molecule has 2 heterocycles. The third kappa shape index (κ3) is 5.26. The monoisotopic (exact) mass is 407 g/mol. The number of aromatic nitrogens is 3. The van der Waals surface area contributed by atoms with E-state index in [1.807, 2.05) is 36.1 Å².